The minimum absolute atomic E-state index is 0.357. The van der Waals surface area contributed by atoms with E-state index >= 15 is 0 Å². The second-order valence-electron chi connectivity index (χ2n) is 4.95. The van der Waals surface area contributed by atoms with E-state index in [1.807, 2.05) is 6.92 Å². The van der Waals surface area contributed by atoms with Crippen molar-refractivity contribution >= 4 is 0 Å². The van der Waals surface area contributed by atoms with Gasteiger partial charge in [0.15, 0.2) is 0 Å². The maximum absolute atomic E-state index is 9.74. The van der Waals surface area contributed by atoms with E-state index in [1.54, 1.807) is 0 Å². The van der Waals surface area contributed by atoms with Gasteiger partial charge in [0.1, 0.15) is 0 Å². The standard InChI is InChI=1S/C11H25N3O/c1-11(15,10-12)4-3-5-14-8-6-13(2)7-9-14/h15H,3-10,12H2,1-2H3. The lowest BCUT2D eigenvalue weighted by Gasteiger charge is -2.33. The summed E-state index contributed by atoms with van der Waals surface area (Å²) in [5, 5.41) is 9.74. The van der Waals surface area contributed by atoms with Gasteiger partial charge in [0.05, 0.1) is 5.60 Å². The summed E-state index contributed by atoms with van der Waals surface area (Å²) in [6, 6.07) is 0. The Balaban J connectivity index is 2.10. The molecule has 0 radical (unpaired) electrons. The summed E-state index contributed by atoms with van der Waals surface area (Å²) in [6.07, 6.45) is 1.84. The molecule has 90 valence electrons. The number of likely N-dealkylation sites (N-methyl/N-ethyl adjacent to an activating group) is 1. The molecule has 0 bridgehead atoms. The fraction of sp³-hybridized carbons (Fsp3) is 1.00. The molecule has 3 N–H and O–H groups in total. The molecule has 0 spiro atoms. The van der Waals surface area contributed by atoms with Gasteiger partial charge in [0, 0.05) is 32.7 Å². The van der Waals surface area contributed by atoms with Gasteiger partial charge in [-0.2, -0.15) is 0 Å². The van der Waals surface area contributed by atoms with Crippen molar-refractivity contribution in [1.29, 1.82) is 0 Å². The predicted octanol–water partition coefficient (Wildman–Crippen LogP) is -0.276. The third-order valence-corrected chi connectivity index (χ3v) is 3.23. The van der Waals surface area contributed by atoms with Crippen LogP contribution in [0, 0.1) is 0 Å². The number of hydrogen-bond acceptors (Lipinski definition) is 4. The molecule has 1 aliphatic rings. The molecule has 1 fully saturated rings. The summed E-state index contributed by atoms with van der Waals surface area (Å²) in [5.74, 6) is 0. The van der Waals surface area contributed by atoms with Crippen molar-refractivity contribution in [2.75, 3.05) is 46.3 Å². The average molecular weight is 215 g/mol. The summed E-state index contributed by atoms with van der Waals surface area (Å²) in [6.45, 7) is 7.89. The van der Waals surface area contributed by atoms with Crippen LogP contribution in [-0.2, 0) is 0 Å². The Kier molecular flexibility index (Phi) is 4.99. The Bertz CT molecular complexity index is 177. The van der Waals surface area contributed by atoms with E-state index in [2.05, 4.69) is 16.8 Å². The Morgan fingerprint density at radius 1 is 1.27 bits per heavy atom. The highest BCUT2D eigenvalue weighted by Crippen LogP contribution is 2.11. The van der Waals surface area contributed by atoms with Gasteiger partial charge < -0.3 is 20.6 Å². The van der Waals surface area contributed by atoms with Crippen molar-refractivity contribution in [2.45, 2.75) is 25.4 Å². The largest absolute Gasteiger partial charge is 0.389 e. The molecule has 4 heteroatoms. The predicted molar refractivity (Wildman–Crippen MR) is 62.8 cm³/mol. The first-order valence-corrected chi connectivity index (χ1v) is 5.87. The lowest BCUT2D eigenvalue weighted by Crippen LogP contribution is -2.45. The average Bonchev–Trinajstić information content (AvgIpc) is 2.21. The van der Waals surface area contributed by atoms with Crippen LogP contribution in [0.25, 0.3) is 0 Å². The van der Waals surface area contributed by atoms with E-state index in [-0.39, 0.29) is 0 Å². The van der Waals surface area contributed by atoms with Crippen molar-refractivity contribution in [3.05, 3.63) is 0 Å². The molecule has 0 saturated carbocycles. The van der Waals surface area contributed by atoms with Crippen LogP contribution < -0.4 is 5.73 Å². The number of nitrogens with two attached hydrogens (primary N) is 1. The summed E-state index contributed by atoms with van der Waals surface area (Å²) in [4.78, 5) is 4.82. The van der Waals surface area contributed by atoms with Crippen LogP contribution in [0.4, 0.5) is 0 Å². The first-order chi connectivity index (χ1) is 7.03. The summed E-state index contributed by atoms with van der Waals surface area (Å²) < 4.78 is 0. The second kappa shape index (κ2) is 5.80. The molecule has 1 aliphatic heterocycles. The van der Waals surface area contributed by atoms with Crippen molar-refractivity contribution in [1.82, 2.24) is 9.80 Å². The molecular weight excluding hydrogens is 190 g/mol. The normalized spacial score (nSPS) is 24.0. The molecule has 15 heavy (non-hydrogen) atoms. The number of piperazine rings is 1. The van der Waals surface area contributed by atoms with Crippen molar-refractivity contribution < 1.29 is 5.11 Å². The fourth-order valence-electron chi connectivity index (χ4n) is 1.86. The zero-order valence-corrected chi connectivity index (χ0v) is 10.1. The van der Waals surface area contributed by atoms with E-state index in [4.69, 9.17) is 5.73 Å². The summed E-state index contributed by atoms with van der Waals surface area (Å²) >= 11 is 0. The Hall–Kier alpha value is -0.160. The van der Waals surface area contributed by atoms with Gasteiger partial charge in [-0.15, -0.1) is 0 Å². The van der Waals surface area contributed by atoms with Crippen LogP contribution in [0.1, 0.15) is 19.8 Å². The molecule has 0 amide bonds. The molecule has 0 aromatic carbocycles. The van der Waals surface area contributed by atoms with Crippen LogP contribution in [0.15, 0.2) is 0 Å². The highest BCUT2D eigenvalue weighted by molar-refractivity contribution is 4.75. The van der Waals surface area contributed by atoms with Gasteiger partial charge in [0.25, 0.3) is 0 Å². The minimum Gasteiger partial charge on any atom is -0.389 e. The van der Waals surface area contributed by atoms with E-state index in [0.717, 1.165) is 45.6 Å². The summed E-state index contributed by atoms with van der Waals surface area (Å²) in [5.41, 5.74) is 4.80. The lowest BCUT2D eigenvalue weighted by molar-refractivity contribution is 0.0520. The SMILES string of the molecule is CN1CCN(CCCC(C)(O)CN)CC1. The zero-order valence-electron chi connectivity index (χ0n) is 10.1. The minimum atomic E-state index is -0.674. The van der Waals surface area contributed by atoms with Crippen LogP contribution in [0.5, 0.6) is 0 Å². The third kappa shape index (κ3) is 4.93. The molecule has 0 aliphatic carbocycles. The Morgan fingerprint density at radius 2 is 1.87 bits per heavy atom. The van der Waals surface area contributed by atoms with E-state index < -0.39 is 5.60 Å². The molecule has 1 atom stereocenters. The van der Waals surface area contributed by atoms with Gasteiger partial charge in [-0.25, -0.2) is 0 Å². The van der Waals surface area contributed by atoms with E-state index in [9.17, 15) is 5.11 Å². The number of nitrogens with zero attached hydrogens (tertiary/aromatic N) is 2. The monoisotopic (exact) mass is 215 g/mol. The number of rotatable bonds is 5. The fourth-order valence-corrected chi connectivity index (χ4v) is 1.86. The smallest absolute Gasteiger partial charge is 0.0741 e. The number of aliphatic hydroxyl groups is 1. The molecule has 1 rings (SSSR count). The Morgan fingerprint density at radius 3 is 2.40 bits per heavy atom. The van der Waals surface area contributed by atoms with Crippen LogP contribution >= 0.6 is 0 Å². The van der Waals surface area contributed by atoms with E-state index in [1.165, 1.54) is 0 Å². The molecule has 1 heterocycles. The van der Waals surface area contributed by atoms with Crippen LogP contribution in [0.3, 0.4) is 0 Å². The second-order valence-corrected chi connectivity index (χ2v) is 4.95. The van der Waals surface area contributed by atoms with Crippen molar-refractivity contribution in [3.63, 3.8) is 0 Å². The molecule has 4 nitrogen and oxygen atoms in total. The third-order valence-electron chi connectivity index (χ3n) is 3.23. The quantitative estimate of drug-likeness (QED) is 0.662. The maximum atomic E-state index is 9.74. The van der Waals surface area contributed by atoms with Crippen molar-refractivity contribution in [2.24, 2.45) is 5.73 Å². The van der Waals surface area contributed by atoms with Crippen molar-refractivity contribution in [3.8, 4) is 0 Å². The van der Waals surface area contributed by atoms with Gasteiger partial charge in [-0.1, -0.05) is 0 Å². The van der Waals surface area contributed by atoms with Crippen LogP contribution in [0.2, 0.25) is 0 Å². The number of hydrogen-bond donors (Lipinski definition) is 2. The highest BCUT2D eigenvalue weighted by atomic mass is 16.3. The topological polar surface area (TPSA) is 52.7 Å². The molecule has 1 saturated heterocycles. The van der Waals surface area contributed by atoms with Gasteiger partial charge in [-0.3, -0.25) is 0 Å². The van der Waals surface area contributed by atoms with Gasteiger partial charge in [0.2, 0.25) is 0 Å². The van der Waals surface area contributed by atoms with Crippen LogP contribution in [-0.4, -0.2) is 66.8 Å². The molecule has 1 unspecified atom stereocenters. The first-order valence-electron chi connectivity index (χ1n) is 5.87. The lowest BCUT2D eigenvalue weighted by atomic mass is 10.0. The molecular formula is C11H25N3O. The van der Waals surface area contributed by atoms with Gasteiger partial charge >= 0.3 is 0 Å². The van der Waals surface area contributed by atoms with E-state index in [0.29, 0.717) is 6.54 Å². The van der Waals surface area contributed by atoms with Gasteiger partial charge in [-0.05, 0) is 33.4 Å². The zero-order chi connectivity index (χ0) is 11.3. The molecule has 0 aromatic heterocycles. The molecule has 0 aromatic rings. The maximum Gasteiger partial charge on any atom is 0.0741 e. The highest BCUT2D eigenvalue weighted by Gasteiger charge is 2.19. The Labute approximate surface area is 93.0 Å². The first kappa shape index (κ1) is 12.9. The summed E-state index contributed by atoms with van der Waals surface area (Å²) in [7, 11) is 2.16.